The molecule has 0 saturated carbocycles. The molecule has 9 nitrogen and oxygen atoms in total. The van der Waals surface area contributed by atoms with Gasteiger partial charge >= 0.3 is 12.0 Å². The first-order chi connectivity index (χ1) is 9.90. The Kier molecular flexibility index (Phi) is 4.41. The highest BCUT2D eigenvalue weighted by atomic mass is 16.5. The summed E-state index contributed by atoms with van der Waals surface area (Å²) in [7, 11) is 1.36. The van der Waals surface area contributed by atoms with Crippen LogP contribution in [0.1, 0.15) is 12.8 Å². The molecule has 0 aromatic heterocycles. The molecule has 2 aliphatic rings. The number of morpholine rings is 1. The van der Waals surface area contributed by atoms with Gasteiger partial charge in [0.15, 0.2) is 0 Å². The molecule has 0 aliphatic carbocycles. The van der Waals surface area contributed by atoms with E-state index in [9.17, 15) is 19.2 Å². The van der Waals surface area contributed by atoms with Crippen LogP contribution in [0.2, 0.25) is 0 Å². The van der Waals surface area contributed by atoms with Crippen molar-refractivity contribution >= 4 is 23.8 Å². The van der Waals surface area contributed by atoms with E-state index in [-0.39, 0.29) is 31.9 Å². The zero-order valence-electron chi connectivity index (χ0n) is 11.6. The number of carboxylic acid groups (broad SMARTS) is 1. The van der Waals surface area contributed by atoms with Gasteiger partial charge in [0.1, 0.15) is 6.04 Å². The number of likely N-dealkylation sites (N-methyl/N-ethyl adjacent to an activating group) is 1. The highest BCUT2D eigenvalue weighted by Crippen LogP contribution is 2.14. The van der Waals surface area contributed by atoms with Crippen molar-refractivity contribution in [1.29, 1.82) is 0 Å². The first-order valence-electron chi connectivity index (χ1n) is 6.57. The molecule has 2 unspecified atom stereocenters. The lowest BCUT2D eigenvalue weighted by atomic mass is 10.1. The summed E-state index contributed by atoms with van der Waals surface area (Å²) < 4.78 is 5.17. The van der Waals surface area contributed by atoms with E-state index >= 15 is 0 Å². The van der Waals surface area contributed by atoms with Gasteiger partial charge in [-0.25, -0.2) is 4.79 Å². The first-order valence-corrected chi connectivity index (χ1v) is 6.57. The third-order valence-corrected chi connectivity index (χ3v) is 3.58. The maximum absolute atomic E-state index is 12.2. The van der Waals surface area contributed by atoms with Gasteiger partial charge in [0.05, 0.1) is 32.1 Å². The van der Waals surface area contributed by atoms with E-state index in [2.05, 4.69) is 5.32 Å². The van der Waals surface area contributed by atoms with E-state index in [1.807, 2.05) is 0 Å². The SMILES string of the molecule is CN1C(=O)CC(NC(=O)N2CCOCC2CC(=O)O)C1=O. The van der Waals surface area contributed by atoms with Crippen LogP contribution >= 0.6 is 0 Å². The largest absolute Gasteiger partial charge is 0.481 e. The number of likely N-dealkylation sites (tertiary alicyclic amines) is 1. The average Bonchev–Trinajstić information content (AvgIpc) is 2.66. The minimum absolute atomic E-state index is 0.0744. The topological polar surface area (TPSA) is 116 Å². The molecule has 2 heterocycles. The summed E-state index contributed by atoms with van der Waals surface area (Å²) in [5.41, 5.74) is 0. The van der Waals surface area contributed by atoms with Crippen molar-refractivity contribution < 1.29 is 29.0 Å². The predicted molar refractivity (Wildman–Crippen MR) is 68.3 cm³/mol. The number of ether oxygens (including phenoxy) is 1. The monoisotopic (exact) mass is 299 g/mol. The van der Waals surface area contributed by atoms with E-state index in [1.54, 1.807) is 0 Å². The summed E-state index contributed by atoms with van der Waals surface area (Å²) in [4.78, 5) is 48.5. The first kappa shape index (κ1) is 15.2. The Bertz CT molecular complexity index is 480. The van der Waals surface area contributed by atoms with Crippen LogP contribution in [0.15, 0.2) is 0 Å². The number of carboxylic acids is 1. The molecule has 9 heteroatoms. The van der Waals surface area contributed by atoms with Gasteiger partial charge in [0, 0.05) is 13.6 Å². The molecule has 2 fully saturated rings. The number of nitrogens with one attached hydrogen (secondary N) is 1. The molecule has 4 amide bonds. The molecule has 0 bridgehead atoms. The molecule has 0 aromatic rings. The zero-order chi connectivity index (χ0) is 15.6. The number of urea groups is 1. The molecule has 0 radical (unpaired) electrons. The lowest BCUT2D eigenvalue weighted by Crippen LogP contribution is -2.55. The van der Waals surface area contributed by atoms with Crippen LogP contribution in [0.5, 0.6) is 0 Å². The smallest absolute Gasteiger partial charge is 0.318 e. The predicted octanol–water partition coefficient (Wildman–Crippen LogP) is -1.37. The lowest BCUT2D eigenvalue weighted by molar-refractivity contribution is -0.140. The van der Waals surface area contributed by atoms with Gasteiger partial charge in [-0.3, -0.25) is 19.3 Å². The van der Waals surface area contributed by atoms with Gasteiger partial charge in [-0.15, -0.1) is 0 Å². The molecule has 2 rings (SSSR count). The number of imide groups is 1. The minimum atomic E-state index is -1.03. The van der Waals surface area contributed by atoms with Crippen LogP contribution in [-0.2, 0) is 19.1 Å². The molecule has 21 heavy (non-hydrogen) atoms. The van der Waals surface area contributed by atoms with E-state index in [0.717, 1.165) is 4.90 Å². The second kappa shape index (κ2) is 6.08. The van der Waals surface area contributed by atoms with Crippen LogP contribution in [0.4, 0.5) is 4.79 Å². The fourth-order valence-electron chi connectivity index (χ4n) is 2.39. The molecule has 0 spiro atoms. The Balaban J connectivity index is 1.99. The van der Waals surface area contributed by atoms with Gasteiger partial charge in [-0.05, 0) is 0 Å². The summed E-state index contributed by atoms with van der Waals surface area (Å²) >= 11 is 0. The lowest BCUT2D eigenvalue weighted by Gasteiger charge is -2.35. The molecular formula is C12H17N3O6. The minimum Gasteiger partial charge on any atom is -0.481 e. The summed E-state index contributed by atoms with van der Waals surface area (Å²) in [6, 6.07) is -2.02. The van der Waals surface area contributed by atoms with Crippen LogP contribution in [0, 0.1) is 0 Å². The van der Waals surface area contributed by atoms with Crippen LogP contribution in [0.25, 0.3) is 0 Å². The molecule has 0 aromatic carbocycles. The summed E-state index contributed by atoms with van der Waals surface area (Å²) in [5, 5.41) is 11.3. The van der Waals surface area contributed by atoms with Crippen molar-refractivity contribution in [2.45, 2.75) is 24.9 Å². The third-order valence-electron chi connectivity index (χ3n) is 3.58. The van der Waals surface area contributed by atoms with Gasteiger partial charge < -0.3 is 20.1 Å². The highest BCUT2D eigenvalue weighted by molar-refractivity contribution is 6.06. The Morgan fingerprint density at radius 1 is 1.43 bits per heavy atom. The fraction of sp³-hybridized carbons (Fsp3) is 0.667. The van der Waals surface area contributed by atoms with Gasteiger partial charge in [-0.2, -0.15) is 0 Å². The van der Waals surface area contributed by atoms with Gasteiger partial charge in [-0.1, -0.05) is 0 Å². The van der Waals surface area contributed by atoms with Crippen LogP contribution in [-0.4, -0.2) is 77.6 Å². The summed E-state index contributed by atoms with van der Waals surface area (Å²) in [5.74, 6) is -1.85. The summed E-state index contributed by atoms with van der Waals surface area (Å²) in [6.07, 6.45) is -0.306. The van der Waals surface area contributed by atoms with E-state index < -0.39 is 30.0 Å². The van der Waals surface area contributed by atoms with Gasteiger partial charge in [0.25, 0.3) is 5.91 Å². The number of nitrogens with zero attached hydrogens (tertiary/aromatic N) is 2. The van der Waals surface area contributed by atoms with E-state index in [4.69, 9.17) is 9.84 Å². The quantitative estimate of drug-likeness (QED) is 0.621. The zero-order valence-corrected chi connectivity index (χ0v) is 11.6. The highest BCUT2D eigenvalue weighted by Gasteiger charge is 2.39. The number of amides is 4. The Hall–Kier alpha value is -2.16. The number of carbonyl (C=O) groups is 4. The molecule has 116 valence electrons. The molecular weight excluding hydrogens is 282 g/mol. The Labute approximate surface area is 120 Å². The Morgan fingerprint density at radius 3 is 2.71 bits per heavy atom. The van der Waals surface area contributed by atoms with E-state index in [1.165, 1.54) is 11.9 Å². The van der Waals surface area contributed by atoms with Gasteiger partial charge in [0.2, 0.25) is 5.91 Å². The van der Waals surface area contributed by atoms with Crippen molar-refractivity contribution in [3.05, 3.63) is 0 Å². The number of carbonyl (C=O) groups excluding carboxylic acids is 3. The Morgan fingerprint density at radius 2 is 2.14 bits per heavy atom. The van der Waals surface area contributed by atoms with Crippen molar-refractivity contribution in [3.8, 4) is 0 Å². The number of rotatable bonds is 3. The number of hydrogen-bond acceptors (Lipinski definition) is 5. The second-order valence-corrected chi connectivity index (χ2v) is 5.02. The van der Waals surface area contributed by atoms with E-state index in [0.29, 0.717) is 6.61 Å². The number of hydrogen-bond donors (Lipinski definition) is 2. The van der Waals surface area contributed by atoms with Crippen LogP contribution in [0.3, 0.4) is 0 Å². The van der Waals surface area contributed by atoms with Crippen molar-refractivity contribution in [2.75, 3.05) is 26.8 Å². The maximum Gasteiger partial charge on any atom is 0.318 e. The molecule has 2 atom stereocenters. The molecule has 2 N–H and O–H groups in total. The standard InChI is InChI=1S/C12H17N3O6/c1-14-9(16)5-8(11(14)19)13-12(20)15-2-3-21-6-7(15)4-10(17)18/h7-8H,2-6H2,1H3,(H,13,20)(H,17,18). The fourth-order valence-corrected chi connectivity index (χ4v) is 2.39. The average molecular weight is 299 g/mol. The normalized spacial score (nSPS) is 26.1. The summed E-state index contributed by atoms with van der Waals surface area (Å²) in [6.45, 7) is 0.687. The third kappa shape index (κ3) is 3.30. The van der Waals surface area contributed by atoms with Crippen molar-refractivity contribution in [3.63, 3.8) is 0 Å². The maximum atomic E-state index is 12.2. The van der Waals surface area contributed by atoms with Crippen molar-refractivity contribution in [2.24, 2.45) is 0 Å². The second-order valence-electron chi connectivity index (χ2n) is 5.02. The van der Waals surface area contributed by atoms with Crippen molar-refractivity contribution in [1.82, 2.24) is 15.1 Å². The molecule has 2 aliphatic heterocycles. The number of aliphatic carboxylic acids is 1. The van der Waals surface area contributed by atoms with Crippen LogP contribution < -0.4 is 5.32 Å². The molecule has 2 saturated heterocycles.